The maximum atomic E-state index is 13.4. The topological polar surface area (TPSA) is 139 Å². The molecular formula is C45H47N7O5. The summed E-state index contributed by atoms with van der Waals surface area (Å²) in [6.07, 6.45) is 6.36. The van der Waals surface area contributed by atoms with Gasteiger partial charge in [0.05, 0.1) is 34.0 Å². The SMILES string of the molecule is Cc1cc2c(N3CCCc4ccc(C#N)cc43)cc(C3CCN(CC4CCN(c5ccc6c(c5)C(=O)N(C5CCC(=O)NC5=O)C6=O)CC4)CC3)cc2n(C)c1=O. The second-order valence-corrected chi connectivity index (χ2v) is 16.6. The van der Waals surface area contributed by atoms with Crippen LogP contribution in [0.25, 0.3) is 10.9 Å². The third kappa shape index (κ3) is 6.57. The van der Waals surface area contributed by atoms with E-state index in [1.165, 1.54) is 11.1 Å². The molecular weight excluding hydrogens is 719 g/mol. The molecule has 3 fully saturated rings. The zero-order chi connectivity index (χ0) is 39.5. The molecule has 57 heavy (non-hydrogen) atoms. The monoisotopic (exact) mass is 765 g/mol. The molecule has 0 saturated carbocycles. The highest BCUT2D eigenvalue weighted by molar-refractivity contribution is 6.23. The van der Waals surface area contributed by atoms with E-state index in [1.807, 2.05) is 38.2 Å². The number of hydrogen-bond donors (Lipinski definition) is 1. The van der Waals surface area contributed by atoms with E-state index in [0.717, 1.165) is 116 Å². The molecule has 5 aliphatic rings. The van der Waals surface area contributed by atoms with Crippen LogP contribution in [0, 0.1) is 24.2 Å². The molecule has 0 bridgehead atoms. The molecule has 9 rings (SSSR count). The van der Waals surface area contributed by atoms with Gasteiger partial charge in [-0.2, -0.15) is 5.26 Å². The van der Waals surface area contributed by atoms with Crippen molar-refractivity contribution in [2.75, 3.05) is 49.1 Å². The van der Waals surface area contributed by atoms with Crippen molar-refractivity contribution in [1.82, 2.24) is 19.7 Å². The van der Waals surface area contributed by atoms with Crippen molar-refractivity contribution < 1.29 is 19.2 Å². The number of fused-ring (bicyclic) bond motifs is 3. The van der Waals surface area contributed by atoms with Crippen LogP contribution in [0.1, 0.15) is 93.8 Å². The van der Waals surface area contributed by atoms with Gasteiger partial charge in [-0.05, 0) is 136 Å². The first-order valence-electron chi connectivity index (χ1n) is 20.4. The van der Waals surface area contributed by atoms with Crippen LogP contribution in [-0.2, 0) is 23.1 Å². The van der Waals surface area contributed by atoms with Crippen LogP contribution in [0.2, 0.25) is 0 Å². The highest BCUT2D eigenvalue weighted by atomic mass is 16.2. The number of nitrogens with one attached hydrogen (secondary N) is 1. The largest absolute Gasteiger partial charge is 0.371 e. The minimum absolute atomic E-state index is 0.0217. The molecule has 1 N–H and O–H groups in total. The number of likely N-dealkylation sites (tertiary alicyclic amines) is 1. The lowest BCUT2D eigenvalue weighted by atomic mass is 9.86. The van der Waals surface area contributed by atoms with Crippen molar-refractivity contribution in [2.45, 2.75) is 70.3 Å². The van der Waals surface area contributed by atoms with E-state index in [9.17, 15) is 29.2 Å². The Morgan fingerprint density at radius 3 is 2.32 bits per heavy atom. The Hall–Kier alpha value is -5.80. The molecule has 1 unspecified atom stereocenters. The fourth-order valence-corrected chi connectivity index (χ4v) is 9.92. The molecule has 4 aromatic rings. The van der Waals surface area contributed by atoms with Crippen LogP contribution in [0.4, 0.5) is 17.1 Å². The predicted octanol–water partition coefficient (Wildman–Crippen LogP) is 5.30. The molecule has 1 atom stereocenters. The van der Waals surface area contributed by atoms with Gasteiger partial charge in [-0.15, -0.1) is 0 Å². The Labute approximate surface area is 331 Å². The maximum absolute atomic E-state index is 13.4. The lowest BCUT2D eigenvalue weighted by molar-refractivity contribution is -0.136. The minimum Gasteiger partial charge on any atom is -0.371 e. The van der Waals surface area contributed by atoms with Gasteiger partial charge in [0.15, 0.2) is 0 Å². The van der Waals surface area contributed by atoms with Crippen molar-refractivity contribution in [3.63, 3.8) is 0 Å². The van der Waals surface area contributed by atoms with Gasteiger partial charge in [-0.25, -0.2) is 0 Å². The Bertz CT molecular complexity index is 2450. The number of benzene rings is 3. The van der Waals surface area contributed by atoms with Gasteiger partial charge in [-0.1, -0.05) is 6.07 Å². The lowest BCUT2D eigenvalue weighted by Gasteiger charge is -2.39. The normalized spacial score (nSPS) is 20.9. The number of carbonyl (C=O) groups is 4. The summed E-state index contributed by atoms with van der Waals surface area (Å²) < 4.78 is 1.80. The number of carbonyl (C=O) groups excluding carboxylic acids is 4. The van der Waals surface area contributed by atoms with Gasteiger partial charge in [0.1, 0.15) is 6.04 Å². The molecule has 3 aromatic carbocycles. The van der Waals surface area contributed by atoms with Gasteiger partial charge < -0.3 is 19.3 Å². The molecule has 5 aliphatic heterocycles. The average Bonchev–Trinajstić information content (AvgIpc) is 3.47. The summed E-state index contributed by atoms with van der Waals surface area (Å²) in [5.74, 6) is -1.02. The highest BCUT2D eigenvalue weighted by Crippen LogP contribution is 2.41. The fourth-order valence-electron chi connectivity index (χ4n) is 9.92. The first-order valence-corrected chi connectivity index (χ1v) is 20.4. The molecule has 292 valence electrons. The van der Waals surface area contributed by atoms with Gasteiger partial charge in [0.2, 0.25) is 11.8 Å². The zero-order valence-electron chi connectivity index (χ0n) is 32.6. The summed E-state index contributed by atoms with van der Waals surface area (Å²) in [5.41, 5.74) is 8.57. The molecule has 3 saturated heterocycles. The number of piperidine rings is 3. The van der Waals surface area contributed by atoms with E-state index in [1.54, 1.807) is 16.7 Å². The van der Waals surface area contributed by atoms with Gasteiger partial charge in [-0.3, -0.25) is 34.2 Å². The summed E-state index contributed by atoms with van der Waals surface area (Å²) in [4.78, 5) is 72.2. The zero-order valence-corrected chi connectivity index (χ0v) is 32.6. The van der Waals surface area contributed by atoms with Gasteiger partial charge in [0.25, 0.3) is 17.4 Å². The summed E-state index contributed by atoms with van der Waals surface area (Å²) in [6.45, 7) is 7.50. The smallest absolute Gasteiger partial charge is 0.262 e. The Morgan fingerprint density at radius 1 is 0.789 bits per heavy atom. The first kappa shape index (κ1) is 36.8. The predicted molar refractivity (Wildman–Crippen MR) is 217 cm³/mol. The van der Waals surface area contributed by atoms with E-state index in [-0.39, 0.29) is 24.3 Å². The van der Waals surface area contributed by atoms with E-state index < -0.39 is 23.8 Å². The number of anilines is 3. The maximum Gasteiger partial charge on any atom is 0.262 e. The van der Waals surface area contributed by atoms with Crippen LogP contribution in [-0.4, -0.2) is 83.3 Å². The summed E-state index contributed by atoms with van der Waals surface area (Å²) >= 11 is 0. The second-order valence-electron chi connectivity index (χ2n) is 16.6. The number of aryl methyl sites for hydroxylation is 3. The Balaban J connectivity index is 0.857. The number of nitriles is 1. The van der Waals surface area contributed by atoms with Crippen LogP contribution < -0.4 is 20.7 Å². The molecule has 0 radical (unpaired) electrons. The highest BCUT2D eigenvalue weighted by Gasteiger charge is 2.45. The average molecular weight is 766 g/mol. The van der Waals surface area contributed by atoms with E-state index >= 15 is 0 Å². The Morgan fingerprint density at radius 2 is 1.56 bits per heavy atom. The van der Waals surface area contributed by atoms with Crippen LogP contribution in [0.5, 0.6) is 0 Å². The number of amides is 4. The molecule has 0 spiro atoms. The number of rotatable bonds is 6. The Kier molecular flexibility index (Phi) is 9.44. The van der Waals surface area contributed by atoms with Gasteiger partial charge >= 0.3 is 0 Å². The number of aromatic nitrogens is 1. The van der Waals surface area contributed by atoms with E-state index in [0.29, 0.717) is 28.5 Å². The minimum atomic E-state index is -0.971. The van der Waals surface area contributed by atoms with Crippen molar-refractivity contribution in [3.8, 4) is 6.07 Å². The lowest BCUT2D eigenvalue weighted by Crippen LogP contribution is -2.54. The third-order valence-corrected chi connectivity index (χ3v) is 13.1. The van der Waals surface area contributed by atoms with Crippen LogP contribution >= 0.6 is 0 Å². The van der Waals surface area contributed by atoms with E-state index in [4.69, 9.17) is 0 Å². The molecule has 1 aromatic heterocycles. The standard InChI is InChI=1S/C45H47N7O5/c1-27-20-36-39(48(2)43(27)55)22-32(23-40(36)51-15-3-4-31-6-5-29(25-46)21-38(31)51)30-13-16-49(17-14-30)26-28-11-18-50(19-12-28)33-7-8-34-35(24-33)45(57)52(44(34)56)37-9-10-41(53)47-42(37)54/h5-8,20-24,28,30,37H,3-4,9-19,26H2,1-2H3,(H,47,53,54). The first-order chi connectivity index (χ1) is 27.6. The van der Waals surface area contributed by atoms with Crippen LogP contribution in [0.15, 0.2) is 59.4 Å². The molecule has 12 nitrogen and oxygen atoms in total. The van der Waals surface area contributed by atoms with Crippen molar-refractivity contribution in [2.24, 2.45) is 13.0 Å². The molecule has 4 amide bonds. The van der Waals surface area contributed by atoms with Crippen molar-refractivity contribution in [3.05, 3.63) is 98.3 Å². The number of nitrogens with zero attached hydrogens (tertiary/aromatic N) is 6. The van der Waals surface area contributed by atoms with Crippen molar-refractivity contribution in [1.29, 1.82) is 5.26 Å². The van der Waals surface area contributed by atoms with Crippen LogP contribution in [0.3, 0.4) is 0 Å². The summed E-state index contributed by atoms with van der Waals surface area (Å²) in [5, 5.41) is 13.0. The number of imide groups is 2. The summed E-state index contributed by atoms with van der Waals surface area (Å²) in [6, 6.07) is 19.4. The third-order valence-electron chi connectivity index (χ3n) is 13.1. The number of pyridine rings is 1. The summed E-state index contributed by atoms with van der Waals surface area (Å²) in [7, 11) is 1.87. The van der Waals surface area contributed by atoms with Gasteiger partial charge in [0, 0.05) is 62.0 Å². The molecule has 12 heteroatoms. The fraction of sp³-hybridized carbons (Fsp3) is 0.422. The molecule has 6 heterocycles. The van der Waals surface area contributed by atoms with E-state index in [2.05, 4.69) is 44.3 Å². The molecule has 0 aliphatic carbocycles. The van der Waals surface area contributed by atoms with Crippen molar-refractivity contribution >= 4 is 51.6 Å². The quantitative estimate of drug-likeness (QED) is 0.259. The number of hydrogen-bond acceptors (Lipinski definition) is 9. The second kappa shape index (κ2) is 14.6.